The van der Waals surface area contributed by atoms with E-state index in [2.05, 4.69) is 17.2 Å². The molecule has 1 rings (SSSR count). The Morgan fingerprint density at radius 2 is 2.41 bits per heavy atom. The number of rotatable bonds is 5. The standard InChI is InChI=1S/C12H21N3OS/c1-4-9(2)15-11(13)14-8-12(3,16)10-5-6-17-7-10/h5-7,9,16H,4,8H2,1-3H3,(H3,13,14,15). The van der Waals surface area contributed by atoms with Gasteiger partial charge in [-0.2, -0.15) is 11.3 Å². The second-order valence-corrected chi connectivity index (χ2v) is 5.22. The van der Waals surface area contributed by atoms with E-state index in [1.165, 1.54) is 0 Å². The van der Waals surface area contributed by atoms with Gasteiger partial charge in [-0.05, 0) is 42.7 Å². The largest absolute Gasteiger partial charge is 0.383 e. The second kappa shape index (κ2) is 6.02. The van der Waals surface area contributed by atoms with Crippen molar-refractivity contribution in [1.82, 2.24) is 5.32 Å². The van der Waals surface area contributed by atoms with E-state index in [0.29, 0.717) is 12.0 Å². The highest BCUT2D eigenvalue weighted by atomic mass is 32.1. The van der Waals surface area contributed by atoms with Crippen molar-refractivity contribution in [3.63, 3.8) is 0 Å². The van der Waals surface area contributed by atoms with Crippen molar-refractivity contribution in [3.05, 3.63) is 22.4 Å². The van der Waals surface area contributed by atoms with Gasteiger partial charge in [-0.25, -0.2) is 0 Å². The van der Waals surface area contributed by atoms with Crippen molar-refractivity contribution >= 4 is 17.3 Å². The van der Waals surface area contributed by atoms with Crippen molar-refractivity contribution in [1.29, 1.82) is 0 Å². The van der Waals surface area contributed by atoms with E-state index < -0.39 is 5.60 Å². The third-order valence-electron chi connectivity index (χ3n) is 2.71. The molecule has 2 atom stereocenters. The molecule has 0 saturated carbocycles. The summed E-state index contributed by atoms with van der Waals surface area (Å²) in [5.74, 6) is 0.384. The Kier molecular flexibility index (Phi) is 4.96. The molecular weight excluding hydrogens is 234 g/mol. The third-order valence-corrected chi connectivity index (χ3v) is 3.39. The molecule has 2 unspecified atom stereocenters. The van der Waals surface area contributed by atoms with Crippen molar-refractivity contribution in [2.45, 2.75) is 38.8 Å². The number of thiophene rings is 1. The molecule has 0 radical (unpaired) electrons. The van der Waals surface area contributed by atoms with Crippen molar-refractivity contribution in [2.24, 2.45) is 10.7 Å². The molecule has 0 fully saturated rings. The summed E-state index contributed by atoms with van der Waals surface area (Å²) in [7, 11) is 0. The van der Waals surface area contributed by atoms with Crippen LogP contribution in [0.25, 0.3) is 0 Å². The van der Waals surface area contributed by atoms with Crippen molar-refractivity contribution in [3.8, 4) is 0 Å². The predicted octanol–water partition coefficient (Wildman–Crippen LogP) is 1.66. The van der Waals surface area contributed by atoms with Gasteiger partial charge in [0.05, 0.1) is 6.54 Å². The van der Waals surface area contributed by atoms with Crippen LogP contribution in [-0.2, 0) is 5.60 Å². The monoisotopic (exact) mass is 255 g/mol. The van der Waals surface area contributed by atoms with Gasteiger partial charge in [0.2, 0.25) is 0 Å². The van der Waals surface area contributed by atoms with Gasteiger partial charge in [0.1, 0.15) is 5.60 Å². The SMILES string of the molecule is CCC(C)NC(N)=NCC(C)(O)c1ccsc1. The molecule has 96 valence electrons. The van der Waals surface area contributed by atoms with E-state index in [0.717, 1.165) is 12.0 Å². The van der Waals surface area contributed by atoms with Gasteiger partial charge in [-0.3, -0.25) is 4.99 Å². The summed E-state index contributed by atoms with van der Waals surface area (Å²) in [4.78, 5) is 4.18. The van der Waals surface area contributed by atoms with Crippen LogP contribution in [0.2, 0.25) is 0 Å². The summed E-state index contributed by atoms with van der Waals surface area (Å²) in [6.07, 6.45) is 0.983. The van der Waals surface area contributed by atoms with Crippen LogP contribution in [0.15, 0.2) is 21.8 Å². The fourth-order valence-corrected chi connectivity index (χ4v) is 2.08. The van der Waals surface area contributed by atoms with Crippen LogP contribution in [0.5, 0.6) is 0 Å². The van der Waals surface area contributed by atoms with Crippen LogP contribution in [0.4, 0.5) is 0 Å². The number of aliphatic hydroxyl groups is 1. The number of guanidine groups is 1. The van der Waals surface area contributed by atoms with Crippen molar-refractivity contribution < 1.29 is 5.11 Å². The number of nitrogens with one attached hydrogen (secondary N) is 1. The maximum Gasteiger partial charge on any atom is 0.188 e. The van der Waals surface area contributed by atoms with E-state index >= 15 is 0 Å². The summed E-state index contributed by atoms with van der Waals surface area (Å²) in [6, 6.07) is 2.20. The molecule has 0 spiro atoms. The molecule has 0 aliphatic heterocycles. The van der Waals surface area contributed by atoms with Crippen LogP contribution in [-0.4, -0.2) is 23.7 Å². The molecule has 0 amide bonds. The lowest BCUT2D eigenvalue weighted by atomic mass is 10.00. The van der Waals surface area contributed by atoms with Gasteiger partial charge < -0.3 is 16.2 Å². The molecule has 1 aromatic rings. The van der Waals surface area contributed by atoms with E-state index in [1.807, 2.05) is 23.8 Å². The minimum atomic E-state index is -0.957. The highest BCUT2D eigenvalue weighted by molar-refractivity contribution is 7.08. The third kappa shape index (κ3) is 4.36. The number of aliphatic imine (C=N–C) groups is 1. The summed E-state index contributed by atoms with van der Waals surface area (Å²) in [5, 5.41) is 17.2. The molecule has 0 bridgehead atoms. The minimum absolute atomic E-state index is 0.263. The first-order valence-corrected chi connectivity index (χ1v) is 6.71. The minimum Gasteiger partial charge on any atom is -0.383 e. The Balaban J connectivity index is 2.57. The zero-order valence-corrected chi connectivity index (χ0v) is 11.4. The molecule has 0 saturated heterocycles. The van der Waals surface area contributed by atoms with Crippen LogP contribution >= 0.6 is 11.3 Å². The van der Waals surface area contributed by atoms with Crippen LogP contribution < -0.4 is 11.1 Å². The lowest BCUT2D eigenvalue weighted by Gasteiger charge is -2.20. The van der Waals surface area contributed by atoms with Crippen LogP contribution in [0, 0.1) is 0 Å². The fourth-order valence-electron chi connectivity index (χ4n) is 1.30. The fraction of sp³-hybridized carbons (Fsp3) is 0.583. The normalized spacial score (nSPS) is 17.5. The Morgan fingerprint density at radius 1 is 1.71 bits per heavy atom. The van der Waals surface area contributed by atoms with Gasteiger partial charge in [0.15, 0.2) is 5.96 Å². The Labute approximate surface area is 107 Å². The molecule has 17 heavy (non-hydrogen) atoms. The smallest absolute Gasteiger partial charge is 0.188 e. The maximum atomic E-state index is 10.2. The zero-order valence-electron chi connectivity index (χ0n) is 10.6. The number of hydrogen-bond acceptors (Lipinski definition) is 3. The van der Waals surface area contributed by atoms with E-state index in [4.69, 9.17) is 5.73 Å². The molecule has 1 aromatic heterocycles. The Bertz CT molecular complexity index is 360. The van der Waals surface area contributed by atoms with E-state index in [-0.39, 0.29) is 6.54 Å². The number of hydrogen-bond donors (Lipinski definition) is 3. The van der Waals surface area contributed by atoms with E-state index in [1.54, 1.807) is 18.3 Å². The molecule has 0 aliphatic carbocycles. The zero-order chi connectivity index (χ0) is 12.9. The summed E-state index contributed by atoms with van der Waals surface area (Å²) < 4.78 is 0. The first-order chi connectivity index (χ1) is 7.95. The number of nitrogens with two attached hydrogens (primary N) is 1. The van der Waals surface area contributed by atoms with Crippen molar-refractivity contribution in [2.75, 3.05) is 6.54 Å². The molecular formula is C12H21N3OS. The molecule has 1 heterocycles. The summed E-state index contributed by atoms with van der Waals surface area (Å²) in [5.41, 5.74) is 5.66. The Hall–Kier alpha value is -1.07. The highest BCUT2D eigenvalue weighted by Crippen LogP contribution is 2.22. The molecule has 0 aromatic carbocycles. The molecule has 5 heteroatoms. The summed E-state index contributed by atoms with van der Waals surface area (Å²) in [6.45, 7) is 6.12. The highest BCUT2D eigenvalue weighted by Gasteiger charge is 2.23. The average Bonchev–Trinajstić information content (AvgIpc) is 2.80. The maximum absolute atomic E-state index is 10.2. The van der Waals surface area contributed by atoms with Gasteiger partial charge in [0.25, 0.3) is 0 Å². The first-order valence-electron chi connectivity index (χ1n) is 5.77. The van der Waals surface area contributed by atoms with Gasteiger partial charge in [0, 0.05) is 6.04 Å². The average molecular weight is 255 g/mol. The van der Waals surface area contributed by atoms with E-state index in [9.17, 15) is 5.11 Å². The molecule has 4 N–H and O–H groups in total. The quantitative estimate of drug-likeness (QED) is 0.553. The van der Waals surface area contributed by atoms with Gasteiger partial charge in [-0.15, -0.1) is 0 Å². The Morgan fingerprint density at radius 3 is 2.94 bits per heavy atom. The van der Waals surface area contributed by atoms with Crippen LogP contribution in [0.1, 0.15) is 32.8 Å². The number of nitrogens with zero attached hydrogens (tertiary/aromatic N) is 1. The van der Waals surface area contributed by atoms with Crippen LogP contribution in [0.3, 0.4) is 0 Å². The predicted molar refractivity (Wildman–Crippen MR) is 73.3 cm³/mol. The second-order valence-electron chi connectivity index (χ2n) is 4.44. The molecule has 0 aliphatic rings. The van der Waals surface area contributed by atoms with Gasteiger partial charge in [-0.1, -0.05) is 6.92 Å². The first kappa shape index (κ1) is 14.0. The van der Waals surface area contributed by atoms with Gasteiger partial charge >= 0.3 is 0 Å². The lowest BCUT2D eigenvalue weighted by molar-refractivity contribution is 0.0677. The molecule has 4 nitrogen and oxygen atoms in total. The topological polar surface area (TPSA) is 70.6 Å². The lowest BCUT2D eigenvalue weighted by Crippen LogP contribution is -2.39. The summed E-state index contributed by atoms with van der Waals surface area (Å²) >= 11 is 1.56.